The number of rotatable bonds is 6. The molecule has 6 nitrogen and oxygen atoms in total. The van der Waals surface area contributed by atoms with E-state index in [2.05, 4.69) is 0 Å². The smallest absolute Gasteiger partial charge is 0.251 e. The summed E-state index contributed by atoms with van der Waals surface area (Å²) in [6.07, 6.45) is 1.78. The summed E-state index contributed by atoms with van der Waals surface area (Å²) >= 11 is 2.90. The summed E-state index contributed by atoms with van der Waals surface area (Å²) in [4.78, 5) is 45.0. The molecule has 1 fully saturated rings. The molecule has 0 saturated carbocycles. The fraction of sp³-hybridized carbons (Fsp3) is 0.636. The van der Waals surface area contributed by atoms with Gasteiger partial charge >= 0.3 is 0 Å². The molecule has 1 rings (SSSR count). The Hall–Kier alpha value is -1.02. The van der Waals surface area contributed by atoms with Gasteiger partial charge in [-0.3, -0.25) is 19.6 Å². The molecular formula is C11H16N2O4S2. The minimum atomic E-state index is -0.200. The van der Waals surface area contributed by atoms with Crippen molar-refractivity contribution in [3.05, 3.63) is 0 Å². The molecule has 8 heteroatoms. The Kier molecular flexibility index (Phi) is 7.57. The molecule has 1 aliphatic rings. The zero-order valence-corrected chi connectivity index (χ0v) is 12.1. The van der Waals surface area contributed by atoms with Gasteiger partial charge in [-0.05, 0) is 0 Å². The summed E-state index contributed by atoms with van der Waals surface area (Å²) in [5, 5.41) is 3.29. The van der Waals surface area contributed by atoms with Crippen LogP contribution in [0.5, 0.6) is 0 Å². The van der Waals surface area contributed by atoms with Crippen LogP contribution in [-0.2, 0) is 19.2 Å². The van der Waals surface area contributed by atoms with E-state index >= 15 is 0 Å². The SMILES string of the molecule is O=CCCN1C(=O)CSCSCC(=O)N1CCC=O. The lowest BCUT2D eigenvalue weighted by Crippen LogP contribution is -2.51. The highest BCUT2D eigenvalue weighted by atomic mass is 32.2. The largest absolute Gasteiger partial charge is 0.303 e. The van der Waals surface area contributed by atoms with Crippen molar-refractivity contribution < 1.29 is 19.2 Å². The van der Waals surface area contributed by atoms with Gasteiger partial charge in [0.15, 0.2) is 0 Å². The number of carbonyl (C=O) groups excluding carboxylic acids is 4. The first-order valence-electron chi connectivity index (χ1n) is 5.84. The van der Waals surface area contributed by atoms with Crippen LogP contribution in [-0.4, -0.2) is 64.1 Å². The highest BCUT2D eigenvalue weighted by molar-refractivity contribution is 8.16. The minimum Gasteiger partial charge on any atom is -0.303 e. The first-order valence-corrected chi connectivity index (χ1v) is 8.15. The summed E-state index contributed by atoms with van der Waals surface area (Å²) in [6.45, 7) is 0.357. The van der Waals surface area contributed by atoms with Crippen molar-refractivity contribution >= 4 is 47.9 Å². The van der Waals surface area contributed by atoms with E-state index in [0.717, 1.165) is 0 Å². The fourth-order valence-electron chi connectivity index (χ4n) is 1.58. The number of thioether (sulfide) groups is 2. The second kappa shape index (κ2) is 8.98. The van der Waals surface area contributed by atoms with Crippen molar-refractivity contribution in [1.82, 2.24) is 10.0 Å². The molecule has 0 aromatic heterocycles. The molecule has 2 amide bonds. The monoisotopic (exact) mass is 304 g/mol. The molecule has 1 aliphatic heterocycles. The second-order valence-corrected chi connectivity index (χ2v) is 6.10. The topological polar surface area (TPSA) is 74.8 Å². The van der Waals surface area contributed by atoms with Gasteiger partial charge in [0.05, 0.1) is 11.5 Å². The highest BCUT2D eigenvalue weighted by Gasteiger charge is 2.26. The molecular weight excluding hydrogens is 288 g/mol. The van der Waals surface area contributed by atoms with E-state index in [-0.39, 0.29) is 49.3 Å². The first kappa shape index (κ1) is 16.0. The second-order valence-electron chi connectivity index (χ2n) is 3.76. The van der Waals surface area contributed by atoms with Crippen LogP contribution in [0.1, 0.15) is 12.8 Å². The van der Waals surface area contributed by atoms with Crippen molar-refractivity contribution in [3.8, 4) is 0 Å². The van der Waals surface area contributed by atoms with Gasteiger partial charge < -0.3 is 9.59 Å². The van der Waals surface area contributed by atoms with E-state index in [0.29, 0.717) is 17.7 Å². The van der Waals surface area contributed by atoms with E-state index in [1.165, 1.54) is 33.5 Å². The van der Waals surface area contributed by atoms with Gasteiger partial charge in [0.25, 0.3) is 11.8 Å². The third-order valence-corrected chi connectivity index (χ3v) is 4.64. The number of carbonyl (C=O) groups is 4. The lowest BCUT2D eigenvalue weighted by atomic mass is 10.4. The molecule has 0 bridgehead atoms. The molecule has 0 aliphatic carbocycles. The van der Waals surface area contributed by atoms with Crippen molar-refractivity contribution in [2.45, 2.75) is 12.8 Å². The van der Waals surface area contributed by atoms with Crippen LogP contribution in [0.15, 0.2) is 0 Å². The third-order valence-electron chi connectivity index (χ3n) is 2.40. The van der Waals surface area contributed by atoms with Gasteiger partial charge in [0.2, 0.25) is 0 Å². The van der Waals surface area contributed by atoms with E-state index in [9.17, 15) is 19.2 Å². The molecule has 0 radical (unpaired) electrons. The average molecular weight is 304 g/mol. The van der Waals surface area contributed by atoms with Crippen LogP contribution in [0.3, 0.4) is 0 Å². The van der Waals surface area contributed by atoms with Gasteiger partial charge in [0, 0.05) is 31.0 Å². The molecule has 19 heavy (non-hydrogen) atoms. The fourth-order valence-corrected chi connectivity index (χ4v) is 3.36. The average Bonchev–Trinajstić information content (AvgIpc) is 2.46. The van der Waals surface area contributed by atoms with E-state index in [1.807, 2.05) is 0 Å². The first-order chi connectivity index (χ1) is 9.20. The molecule has 0 spiro atoms. The van der Waals surface area contributed by atoms with Crippen molar-refractivity contribution in [2.24, 2.45) is 0 Å². The molecule has 106 valence electrons. The molecule has 0 atom stereocenters. The molecule has 0 aromatic rings. The van der Waals surface area contributed by atoms with Gasteiger partial charge in [-0.2, -0.15) is 0 Å². The Bertz CT molecular complexity index is 320. The summed E-state index contributed by atoms with van der Waals surface area (Å²) in [5.74, 6) is 0.148. The minimum absolute atomic E-state index is 0.175. The standard InChI is InChI=1S/C11H16N2O4S2/c14-5-1-3-12-10(16)7-18-9-19-8-11(17)13(12)4-2-6-15/h5-6H,1-4,7-9H2. The Morgan fingerprint density at radius 1 is 0.895 bits per heavy atom. The zero-order chi connectivity index (χ0) is 14.1. The summed E-state index contributed by atoms with van der Waals surface area (Å²) < 4.78 is 0. The quantitative estimate of drug-likeness (QED) is 0.651. The van der Waals surface area contributed by atoms with Crippen molar-refractivity contribution in [1.29, 1.82) is 0 Å². The maximum Gasteiger partial charge on any atom is 0.251 e. The summed E-state index contributed by atoms with van der Waals surface area (Å²) in [7, 11) is 0. The molecule has 0 unspecified atom stereocenters. The number of aldehydes is 2. The number of nitrogens with zero attached hydrogens (tertiary/aromatic N) is 2. The van der Waals surface area contributed by atoms with Crippen molar-refractivity contribution in [2.75, 3.05) is 29.7 Å². The summed E-state index contributed by atoms with van der Waals surface area (Å²) in [5.41, 5.74) is 0. The van der Waals surface area contributed by atoms with E-state index in [1.54, 1.807) is 0 Å². The van der Waals surface area contributed by atoms with E-state index < -0.39 is 0 Å². The van der Waals surface area contributed by atoms with Gasteiger partial charge in [0.1, 0.15) is 12.6 Å². The molecule has 1 heterocycles. The maximum atomic E-state index is 12.0. The van der Waals surface area contributed by atoms with E-state index in [4.69, 9.17) is 0 Å². The maximum absolute atomic E-state index is 12.0. The van der Waals surface area contributed by atoms with Crippen LogP contribution in [0.25, 0.3) is 0 Å². The Balaban J connectivity index is 2.85. The van der Waals surface area contributed by atoms with Gasteiger partial charge in [-0.25, -0.2) is 0 Å². The number of hydrogen-bond acceptors (Lipinski definition) is 6. The number of amides is 2. The predicted octanol–water partition coefficient (Wildman–Crippen LogP) is 0.174. The van der Waals surface area contributed by atoms with Gasteiger partial charge in [-0.15, -0.1) is 23.5 Å². The lowest BCUT2D eigenvalue weighted by molar-refractivity contribution is -0.161. The van der Waals surface area contributed by atoms with Crippen molar-refractivity contribution in [3.63, 3.8) is 0 Å². The Labute approximate surface area is 120 Å². The van der Waals surface area contributed by atoms with Crippen LogP contribution in [0.2, 0.25) is 0 Å². The molecule has 1 saturated heterocycles. The normalized spacial score (nSPS) is 17.7. The van der Waals surface area contributed by atoms with Crippen LogP contribution < -0.4 is 0 Å². The summed E-state index contributed by atoms with van der Waals surface area (Å²) in [6, 6.07) is 0. The number of hydrazine groups is 1. The Morgan fingerprint density at radius 2 is 1.32 bits per heavy atom. The number of hydrogen-bond donors (Lipinski definition) is 0. The highest BCUT2D eigenvalue weighted by Crippen LogP contribution is 2.18. The predicted molar refractivity (Wildman–Crippen MR) is 74.6 cm³/mol. The zero-order valence-electron chi connectivity index (χ0n) is 10.4. The van der Waals surface area contributed by atoms with Crippen LogP contribution >= 0.6 is 23.5 Å². The van der Waals surface area contributed by atoms with Gasteiger partial charge in [-0.1, -0.05) is 0 Å². The Morgan fingerprint density at radius 3 is 1.68 bits per heavy atom. The third kappa shape index (κ3) is 5.23. The lowest BCUT2D eigenvalue weighted by Gasteiger charge is -2.33. The molecule has 0 aromatic carbocycles. The molecule has 0 N–H and O–H groups in total. The van der Waals surface area contributed by atoms with Crippen LogP contribution in [0, 0.1) is 0 Å². The van der Waals surface area contributed by atoms with Crippen LogP contribution in [0.4, 0.5) is 0 Å².